The third-order valence-corrected chi connectivity index (χ3v) is 6.97. The normalized spacial score (nSPS) is 14.2. The highest BCUT2D eigenvalue weighted by atomic mass is 32.2. The summed E-state index contributed by atoms with van der Waals surface area (Å²) in [6, 6.07) is 7.49. The molecule has 1 aliphatic heterocycles. The van der Waals surface area contributed by atoms with Crippen molar-refractivity contribution in [2.75, 3.05) is 24.5 Å². The number of aryl methyl sites for hydroxylation is 1. The Morgan fingerprint density at radius 2 is 1.82 bits per heavy atom. The van der Waals surface area contributed by atoms with Gasteiger partial charge >= 0.3 is 0 Å². The minimum atomic E-state index is -3.61. The summed E-state index contributed by atoms with van der Waals surface area (Å²) >= 11 is 0. The van der Waals surface area contributed by atoms with Crippen LogP contribution >= 0.6 is 0 Å². The van der Waals surface area contributed by atoms with E-state index < -0.39 is 27.6 Å². The van der Waals surface area contributed by atoms with Crippen LogP contribution in [0.4, 0.5) is 14.5 Å². The topological polar surface area (TPSA) is 57.7 Å². The lowest BCUT2D eigenvalue weighted by atomic mass is 10.0. The molecule has 150 valence electrons. The smallest absolute Gasteiger partial charge is 0.261 e. The quantitative estimate of drug-likeness (QED) is 0.760. The van der Waals surface area contributed by atoms with Crippen molar-refractivity contribution in [3.8, 4) is 0 Å². The molecule has 2 aromatic carbocycles. The van der Waals surface area contributed by atoms with E-state index in [0.29, 0.717) is 44.2 Å². The predicted octanol–water partition coefficient (Wildman–Crippen LogP) is 3.59. The third-order valence-electron chi connectivity index (χ3n) is 4.92. The first-order valence-corrected chi connectivity index (χ1v) is 10.6. The molecule has 8 heteroatoms. The van der Waals surface area contributed by atoms with Gasteiger partial charge in [-0.25, -0.2) is 17.2 Å². The van der Waals surface area contributed by atoms with Gasteiger partial charge in [0.1, 0.15) is 11.6 Å². The summed E-state index contributed by atoms with van der Waals surface area (Å²) in [5.74, 6) is -2.24. The van der Waals surface area contributed by atoms with Crippen LogP contribution in [0.25, 0.3) is 0 Å². The molecule has 2 aromatic rings. The van der Waals surface area contributed by atoms with E-state index in [-0.39, 0.29) is 10.5 Å². The Morgan fingerprint density at radius 3 is 2.46 bits per heavy atom. The fraction of sp³-hybridized carbons (Fsp3) is 0.350. The molecule has 0 aromatic heterocycles. The first-order valence-electron chi connectivity index (χ1n) is 9.19. The number of nitrogens with zero attached hydrogens (tertiary/aromatic N) is 2. The third kappa shape index (κ3) is 3.66. The highest BCUT2D eigenvalue weighted by Gasteiger charge is 2.28. The number of rotatable bonds is 5. The van der Waals surface area contributed by atoms with Crippen LogP contribution in [0.1, 0.15) is 36.2 Å². The molecule has 0 N–H and O–H groups in total. The zero-order valence-corrected chi connectivity index (χ0v) is 16.6. The monoisotopic (exact) mass is 408 g/mol. The Balaban J connectivity index is 1.98. The summed E-state index contributed by atoms with van der Waals surface area (Å²) in [6.45, 7) is 4.66. The molecule has 0 unspecified atom stereocenters. The Bertz CT molecular complexity index is 1000. The molecule has 0 aliphatic carbocycles. The van der Waals surface area contributed by atoms with Gasteiger partial charge in [0.15, 0.2) is 0 Å². The minimum Gasteiger partial charge on any atom is -0.308 e. The number of amides is 1. The Morgan fingerprint density at radius 1 is 1.11 bits per heavy atom. The minimum absolute atomic E-state index is 0.178. The van der Waals surface area contributed by atoms with Crippen LogP contribution in [-0.4, -0.2) is 38.3 Å². The Kier molecular flexibility index (Phi) is 5.81. The van der Waals surface area contributed by atoms with E-state index >= 15 is 0 Å². The summed E-state index contributed by atoms with van der Waals surface area (Å²) in [5.41, 5.74) is 1.06. The second-order valence-electron chi connectivity index (χ2n) is 6.56. The van der Waals surface area contributed by atoms with Gasteiger partial charge < -0.3 is 4.90 Å². The van der Waals surface area contributed by atoms with E-state index in [1.54, 1.807) is 26.0 Å². The molecule has 0 fully saturated rings. The zero-order valence-electron chi connectivity index (χ0n) is 15.8. The maximum absolute atomic E-state index is 14.0. The Labute approximate surface area is 163 Å². The van der Waals surface area contributed by atoms with Gasteiger partial charge in [0.05, 0.1) is 10.5 Å². The first kappa shape index (κ1) is 20.4. The lowest BCUT2D eigenvalue weighted by Gasteiger charge is -2.30. The van der Waals surface area contributed by atoms with Crippen molar-refractivity contribution in [3.63, 3.8) is 0 Å². The lowest BCUT2D eigenvalue weighted by molar-refractivity contribution is 0.0981. The van der Waals surface area contributed by atoms with E-state index in [4.69, 9.17) is 0 Å². The van der Waals surface area contributed by atoms with E-state index in [2.05, 4.69) is 0 Å². The summed E-state index contributed by atoms with van der Waals surface area (Å²) in [6.07, 6.45) is 1.24. The van der Waals surface area contributed by atoms with Gasteiger partial charge in [-0.2, -0.15) is 4.31 Å². The van der Waals surface area contributed by atoms with Crippen molar-refractivity contribution >= 4 is 21.6 Å². The van der Waals surface area contributed by atoms with Gasteiger partial charge in [-0.15, -0.1) is 0 Å². The van der Waals surface area contributed by atoms with Crippen LogP contribution in [-0.2, 0) is 16.4 Å². The second-order valence-corrected chi connectivity index (χ2v) is 8.50. The van der Waals surface area contributed by atoms with Crippen molar-refractivity contribution < 1.29 is 22.0 Å². The van der Waals surface area contributed by atoms with Crippen LogP contribution in [0.2, 0.25) is 0 Å². The van der Waals surface area contributed by atoms with E-state index in [0.717, 1.165) is 17.7 Å². The number of sulfonamides is 1. The molecule has 1 aliphatic rings. The number of carbonyl (C=O) groups excluding carboxylic acids is 1. The summed E-state index contributed by atoms with van der Waals surface area (Å²) in [7, 11) is -3.61. The lowest BCUT2D eigenvalue weighted by Crippen LogP contribution is -2.36. The van der Waals surface area contributed by atoms with E-state index in [1.165, 1.54) is 15.3 Å². The molecule has 1 amide bonds. The number of benzene rings is 2. The standard InChI is InChI=1S/C20H22F2N2O3S/c1-3-23(4-2)28(26,27)16-8-10-19-14(12-16)6-5-11-24(19)20(25)17-9-7-15(21)13-18(17)22/h7-10,12-13H,3-6,11H2,1-2H3. The first-order chi connectivity index (χ1) is 13.3. The van der Waals surface area contributed by atoms with Gasteiger partial charge in [-0.1, -0.05) is 13.8 Å². The van der Waals surface area contributed by atoms with Crippen LogP contribution in [0, 0.1) is 11.6 Å². The average molecular weight is 408 g/mol. The highest BCUT2D eigenvalue weighted by molar-refractivity contribution is 7.89. The summed E-state index contributed by atoms with van der Waals surface area (Å²) in [5, 5.41) is 0. The molecule has 0 saturated heterocycles. The number of fused-ring (bicyclic) bond motifs is 1. The van der Waals surface area contributed by atoms with Crippen LogP contribution in [0.5, 0.6) is 0 Å². The molecule has 0 spiro atoms. The largest absolute Gasteiger partial charge is 0.308 e. The number of anilines is 1. The molecule has 0 radical (unpaired) electrons. The van der Waals surface area contributed by atoms with Gasteiger partial charge in [-0.05, 0) is 48.7 Å². The molecule has 0 bridgehead atoms. The molecular weight excluding hydrogens is 386 g/mol. The molecule has 0 atom stereocenters. The Hall–Kier alpha value is -2.32. The number of carbonyl (C=O) groups is 1. The maximum atomic E-state index is 14.0. The molecule has 0 saturated carbocycles. The predicted molar refractivity (Wildman–Crippen MR) is 103 cm³/mol. The van der Waals surface area contributed by atoms with Crippen LogP contribution in [0.3, 0.4) is 0 Å². The van der Waals surface area contributed by atoms with Crippen LogP contribution < -0.4 is 4.90 Å². The second kappa shape index (κ2) is 7.97. The van der Waals surface area contributed by atoms with E-state index in [1.807, 2.05) is 0 Å². The van der Waals surface area contributed by atoms with Crippen molar-refractivity contribution in [2.45, 2.75) is 31.6 Å². The van der Waals surface area contributed by atoms with Crippen molar-refractivity contribution in [1.82, 2.24) is 4.31 Å². The van der Waals surface area contributed by atoms with E-state index in [9.17, 15) is 22.0 Å². The van der Waals surface area contributed by atoms with Gasteiger partial charge in [0.2, 0.25) is 10.0 Å². The molecule has 28 heavy (non-hydrogen) atoms. The maximum Gasteiger partial charge on any atom is 0.261 e. The molecule has 3 rings (SSSR count). The fourth-order valence-electron chi connectivity index (χ4n) is 3.47. The number of halogens is 2. The average Bonchev–Trinajstić information content (AvgIpc) is 2.67. The molecular formula is C20H22F2N2O3S. The summed E-state index contributed by atoms with van der Waals surface area (Å²) < 4.78 is 54.1. The van der Waals surface area contributed by atoms with Crippen molar-refractivity contribution in [1.29, 1.82) is 0 Å². The van der Waals surface area contributed by atoms with Crippen molar-refractivity contribution in [3.05, 3.63) is 59.2 Å². The van der Waals surface area contributed by atoms with Crippen LogP contribution in [0.15, 0.2) is 41.3 Å². The number of hydrogen-bond acceptors (Lipinski definition) is 3. The SMILES string of the molecule is CCN(CC)S(=O)(=O)c1ccc2c(c1)CCCN2C(=O)c1ccc(F)cc1F. The van der Waals surface area contributed by atoms with Crippen molar-refractivity contribution in [2.24, 2.45) is 0 Å². The van der Waals surface area contributed by atoms with Gasteiger partial charge in [-0.3, -0.25) is 4.79 Å². The fourth-order valence-corrected chi connectivity index (χ4v) is 4.97. The molecule has 5 nitrogen and oxygen atoms in total. The summed E-state index contributed by atoms with van der Waals surface area (Å²) in [4.78, 5) is 14.4. The molecule has 1 heterocycles. The zero-order chi connectivity index (χ0) is 20.5. The van der Waals surface area contributed by atoms with Gasteiger partial charge in [0.25, 0.3) is 5.91 Å². The highest BCUT2D eigenvalue weighted by Crippen LogP contribution is 2.31. The number of hydrogen-bond donors (Lipinski definition) is 0. The van der Waals surface area contributed by atoms with Gasteiger partial charge in [0, 0.05) is 31.4 Å².